The first-order chi connectivity index (χ1) is 6.28. The van der Waals surface area contributed by atoms with Crippen LogP contribution in [0.1, 0.15) is 38.5 Å². The lowest BCUT2D eigenvalue weighted by atomic mass is 9.73. The van der Waals surface area contributed by atoms with Gasteiger partial charge in [-0.1, -0.05) is 19.3 Å². The molecule has 1 aliphatic heterocycles. The number of nitrogens with zero attached hydrogens (tertiary/aromatic N) is 1. The molecule has 0 aromatic heterocycles. The van der Waals surface area contributed by atoms with E-state index >= 15 is 0 Å². The molecule has 0 bridgehead atoms. The number of amides is 1. The zero-order valence-electron chi connectivity index (χ0n) is 8.21. The zero-order chi connectivity index (χ0) is 9.31. The van der Waals surface area contributed by atoms with Gasteiger partial charge in [0.1, 0.15) is 0 Å². The lowest BCUT2D eigenvalue weighted by Crippen LogP contribution is -2.62. The lowest BCUT2D eigenvalue weighted by Gasteiger charge is -2.54. The van der Waals surface area contributed by atoms with Crippen molar-refractivity contribution in [1.29, 1.82) is 0 Å². The molecule has 74 valence electrons. The van der Waals surface area contributed by atoms with Crippen molar-refractivity contribution in [2.75, 3.05) is 13.7 Å². The van der Waals surface area contributed by atoms with Crippen LogP contribution in [0.15, 0.2) is 0 Å². The van der Waals surface area contributed by atoms with Crippen LogP contribution in [0.5, 0.6) is 0 Å². The fourth-order valence-electron chi connectivity index (χ4n) is 2.66. The molecule has 1 aliphatic carbocycles. The van der Waals surface area contributed by atoms with Crippen molar-refractivity contribution in [3.05, 3.63) is 0 Å². The Morgan fingerprint density at radius 1 is 1.23 bits per heavy atom. The summed E-state index contributed by atoms with van der Waals surface area (Å²) in [6.07, 6.45) is 7.29. The first-order valence-electron chi connectivity index (χ1n) is 5.14. The summed E-state index contributed by atoms with van der Waals surface area (Å²) in [5.74, 6) is 0. The fraction of sp³-hybridized carbons (Fsp3) is 0.900. The molecule has 0 radical (unpaired) electrons. The number of carbonyl (C=O) groups is 1. The monoisotopic (exact) mass is 183 g/mol. The van der Waals surface area contributed by atoms with Crippen molar-refractivity contribution in [1.82, 2.24) is 4.90 Å². The molecule has 0 N–H and O–H groups in total. The Bertz CT molecular complexity index is 209. The summed E-state index contributed by atoms with van der Waals surface area (Å²) in [6.45, 7) is 0.896. The highest BCUT2D eigenvalue weighted by molar-refractivity contribution is 5.69. The number of ether oxygens (including phenoxy) is 1. The number of carbonyl (C=O) groups excluding carboxylic acids is 1. The minimum Gasteiger partial charge on any atom is -0.453 e. The molecule has 2 aliphatic rings. The Kier molecular flexibility index (Phi) is 2.18. The Hall–Kier alpha value is -0.730. The smallest absolute Gasteiger partial charge is 0.409 e. The molecule has 1 amide bonds. The third kappa shape index (κ3) is 1.30. The average molecular weight is 183 g/mol. The van der Waals surface area contributed by atoms with Crippen molar-refractivity contribution in [3.63, 3.8) is 0 Å². The van der Waals surface area contributed by atoms with E-state index < -0.39 is 0 Å². The lowest BCUT2D eigenvalue weighted by molar-refractivity contribution is -0.0301. The van der Waals surface area contributed by atoms with Crippen LogP contribution in [-0.2, 0) is 4.74 Å². The van der Waals surface area contributed by atoms with E-state index in [1.807, 2.05) is 4.90 Å². The van der Waals surface area contributed by atoms with Gasteiger partial charge in [0.25, 0.3) is 0 Å². The van der Waals surface area contributed by atoms with Crippen LogP contribution in [-0.4, -0.2) is 30.2 Å². The van der Waals surface area contributed by atoms with Crippen LogP contribution in [0, 0.1) is 0 Å². The Morgan fingerprint density at radius 2 is 1.92 bits per heavy atom. The van der Waals surface area contributed by atoms with E-state index in [-0.39, 0.29) is 11.6 Å². The highest BCUT2D eigenvalue weighted by atomic mass is 16.5. The van der Waals surface area contributed by atoms with Gasteiger partial charge in [-0.15, -0.1) is 0 Å². The maximum atomic E-state index is 11.4. The third-order valence-corrected chi connectivity index (χ3v) is 3.55. The maximum Gasteiger partial charge on any atom is 0.409 e. The number of hydrogen-bond donors (Lipinski definition) is 0. The molecule has 3 heteroatoms. The van der Waals surface area contributed by atoms with Gasteiger partial charge in [-0.3, -0.25) is 0 Å². The van der Waals surface area contributed by atoms with E-state index in [1.165, 1.54) is 45.6 Å². The molecule has 0 unspecified atom stereocenters. The zero-order valence-corrected chi connectivity index (χ0v) is 8.21. The molecule has 1 spiro atoms. The molecule has 1 saturated carbocycles. The van der Waals surface area contributed by atoms with Crippen LogP contribution in [0.4, 0.5) is 4.79 Å². The highest BCUT2D eigenvalue weighted by Crippen LogP contribution is 2.43. The molecule has 0 atom stereocenters. The van der Waals surface area contributed by atoms with E-state index in [9.17, 15) is 4.79 Å². The molecule has 2 rings (SSSR count). The summed E-state index contributed by atoms with van der Waals surface area (Å²) < 4.78 is 4.77. The number of rotatable bonds is 0. The van der Waals surface area contributed by atoms with Gasteiger partial charge in [0.15, 0.2) is 0 Å². The van der Waals surface area contributed by atoms with Crippen molar-refractivity contribution in [2.45, 2.75) is 44.1 Å². The van der Waals surface area contributed by atoms with Crippen LogP contribution in [0.3, 0.4) is 0 Å². The van der Waals surface area contributed by atoms with Crippen LogP contribution < -0.4 is 0 Å². The SMILES string of the molecule is COC(=O)N1CCC12CCCCC2. The second-order valence-corrected chi connectivity index (χ2v) is 4.16. The highest BCUT2D eigenvalue weighted by Gasteiger charge is 2.47. The Labute approximate surface area is 79.0 Å². The average Bonchev–Trinajstić information content (AvgIpc) is 2.17. The summed E-state index contributed by atoms with van der Waals surface area (Å²) in [7, 11) is 1.47. The largest absolute Gasteiger partial charge is 0.453 e. The number of hydrogen-bond acceptors (Lipinski definition) is 2. The van der Waals surface area contributed by atoms with Gasteiger partial charge in [0.05, 0.1) is 7.11 Å². The summed E-state index contributed by atoms with van der Waals surface area (Å²) >= 11 is 0. The van der Waals surface area contributed by atoms with E-state index in [2.05, 4.69) is 0 Å². The molecule has 13 heavy (non-hydrogen) atoms. The molecular formula is C10H17NO2. The van der Waals surface area contributed by atoms with Crippen LogP contribution in [0.2, 0.25) is 0 Å². The predicted octanol–water partition coefficient (Wildman–Crippen LogP) is 2.16. The minimum absolute atomic E-state index is 0.131. The standard InChI is InChI=1S/C10H17NO2/c1-13-9(12)11-8-7-10(11)5-3-2-4-6-10/h2-8H2,1H3. The molecule has 1 heterocycles. The minimum atomic E-state index is -0.131. The first-order valence-corrected chi connectivity index (χ1v) is 5.14. The van der Waals surface area contributed by atoms with Gasteiger partial charge in [-0.05, 0) is 19.3 Å². The Balaban J connectivity index is 2.02. The van der Waals surface area contributed by atoms with Crippen molar-refractivity contribution in [3.8, 4) is 0 Å². The van der Waals surface area contributed by atoms with E-state index in [0.29, 0.717) is 0 Å². The van der Waals surface area contributed by atoms with E-state index in [4.69, 9.17) is 4.74 Å². The summed E-state index contributed by atoms with van der Waals surface area (Å²) in [5.41, 5.74) is 0.200. The van der Waals surface area contributed by atoms with E-state index in [0.717, 1.165) is 6.54 Å². The van der Waals surface area contributed by atoms with Crippen molar-refractivity contribution in [2.24, 2.45) is 0 Å². The van der Waals surface area contributed by atoms with Gasteiger partial charge >= 0.3 is 6.09 Å². The second-order valence-electron chi connectivity index (χ2n) is 4.16. The van der Waals surface area contributed by atoms with Gasteiger partial charge in [-0.2, -0.15) is 0 Å². The maximum absolute atomic E-state index is 11.4. The second kappa shape index (κ2) is 3.20. The topological polar surface area (TPSA) is 29.5 Å². The van der Waals surface area contributed by atoms with Crippen LogP contribution in [0.25, 0.3) is 0 Å². The molecule has 0 aromatic rings. The van der Waals surface area contributed by atoms with Gasteiger partial charge in [0.2, 0.25) is 0 Å². The normalized spacial score (nSPS) is 25.5. The van der Waals surface area contributed by atoms with Gasteiger partial charge in [0, 0.05) is 12.1 Å². The van der Waals surface area contributed by atoms with Crippen LogP contribution >= 0.6 is 0 Å². The van der Waals surface area contributed by atoms with Crippen molar-refractivity contribution < 1.29 is 9.53 Å². The molecular weight excluding hydrogens is 166 g/mol. The molecule has 1 saturated heterocycles. The number of methoxy groups -OCH3 is 1. The third-order valence-electron chi connectivity index (χ3n) is 3.55. The summed E-state index contributed by atoms with van der Waals surface area (Å²) in [6, 6.07) is 0. The quantitative estimate of drug-likeness (QED) is 0.576. The van der Waals surface area contributed by atoms with E-state index in [1.54, 1.807) is 0 Å². The molecule has 2 fully saturated rings. The number of likely N-dealkylation sites (tertiary alicyclic amines) is 1. The van der Waals surface area contributed by atoms with Gasteiger partial charge < -0.3 is 9.64 Å². The fourth-order valence-corrected chi connectivity index (χ4v) is 2.66. The Morgan fingerprint density at radius 3 is 2.38 bits per heavy atom. The summed E-state index contributed by atoms with van der Waals surface area (Å²) in [4.78, 5) is 13.3. The predicted molar refractivity (Wildman–Crippen MR) is 49.5 cm³/mol. The van der Waals surface area contributed by atoms with Gasteiger partial charge in [-0.25, -0.2) is 4.79 Å². The summed E-state index contributed by atoms with van der Waals surface area (Å²) in [5, 5.41) is 0. The molecule has 0 aromatic carbocycles. The first kappa shape index (κ1) is 8.85. The molecule has 3 nitrogen and oxygen atoms in total. The van der Waals surface area contributed by atoms with Crippen molar-refractivity contribution >= 4 is 6.09 Å².